The van der Waals surface area contributed by atoms with Gasteiger partial charge in [-0.2, -0.15) is 0 Å². The van der Waals surface area contributed by atoms with E-state index in [0.29, 0.717) is 18.4 Å². The van der Waals surface area contributed by atoms with E-state index in [0.717, 1.165) is 36.1 Å². The van der Waals surface area contributed by atoms with Crippen molar-refractivity contribution < 1.29 is 18.7 Å². The minimum Gasteiger partial charge on any atom is -0.422 e. The maximum absolute atomic E-state index is 13.9. The first-order valence-electron chi connectivity index (χ1n) is 10.9. The minimum atomic E-state index is -0.605. The van der Waals surface area contributed by atoms with Gasteiger partial charge in [0.25, 0.3) is 5.91 Å². The van der Waals surface area contributed by atoms with Crippen LogP contribution in [0.2, 0.25) is 0 Å². The number of ether oxygens (including phenoxy) is 1. The average Bonchev–Trinajstić information content (AvgIpc) is 2.78. The summed E-state index contributed by atoms with van der Waals surface area (Å²) in [6.07, 6.45) is 6.03. The Hall–Kier alpha value is -3.67. The van der Waals surface area contributed by atoms with E-state index in [1.807, 2.05) is 31.2 Å². The first-order chi connectivity index (χ1) is 15.5. The fraction of sp³-hybridized carbons (Fsp3) is 0.269. The van der Waals surface area contributed by atoms with Crippen LogP contribution in [0.1, 0.15) is 48.2 Å². The normalized spacial score (nSPS) is 13.4. The molecular weight excluding hydrogens is 406 g/mol. The Balaban J connectivity index is 1.93. The number of allylic oxidation sites excluding steroid dienone is 1. The molecular formula is C26H25NO5. The molecule has 0 saturated carbocycles. The van der Waals surface area contributed by atoms with E-state index in [1.165, 1.54) is 12.1 Å². The Labute approximate surface area is 186 Å². The number of hydrogen-bond donors (Lipinski definition) is 0. The van der Waals surface area contributed by atoms with E-state index in [1.54, 1.807) is 30.0 Å². The van der Waals surface area contributed by atoms with E-state index >= 15 is 0 Å². The van der Waals surface area contributed by atoms with Crippen LogP contribution in [0, 0.1) is 0 Å². The number of fused-ring (bicyclic) bond motifs is 2. The molecule has 6 heteroatoms. The van der Waals surface area contributed by atoms with Gasteiger partial charge in [-0.05, 0) is 55.5 Å². The van der Waals surface area contributed by atoms with Crippen molar-refractivity contribution in [1.82, 2.24) is 0 Å². The molecule has 0 unspecified atom stereocenters. The summed E-state index contributed by atoms with van der Waals surface area (Å²) in [5, 5.41) is 0.672. The van der Waals surface area contributed by atoms with Gasteiger partial charge in [0.15, 0.2) is 5.58 Å². The third-order valence-electron chi connectivity index (χ3n) is 5.56. The molecule has 0 fully saturated rings. The molecule has 2 heterocycles. The van der Waals surface area contributed by atoms with Gasteiger partial charge in [-0.3, -0.25) is 4.79 Å². The lowest BCUT2D eigenvalue weighted by Gasteiger charge is -2.30. The molecule has 6 nitrogen and oxygen atoms in total. The van der Waals surface area contributed by atoms with Gasteiger partial charge in [0.2, 0.25) is 0 Å². The summed E-state index contributed by atoms with van der Waals surface area (Å²) >= 11 is 0. The largest absolute Gasteiger partial charge is 0.422 e. The van der Waals surface area contributed by atoms with Crippen LogP contribution in [0.3, 0.4) is 0 Å². The molecule has 1 aliphatic heterocycles. The monoisotopic (exact) mass is 431 g/mol. The maximum atomic E-state index is 13.9. The van der Waals surface area contributed by atoms with Crippen molar-refractivity contribution in [3.05, 3.63) is 81.7 Å². The van der Waals surface area contributed by atoms with E-state index in [2.05, 4.69) is 0 Å². The van der Waals surface area contributed by atoms with Crippen LogP contribution in [-0.4, -0.2) is 18.4 Å². The molecule has 0 aliphatic carbocycles. The van der Waals surface area contributed by atoms with E-state index in [4.69, 9.17) is 9.15 Å². The average molecular weight is 431 g/mol. The van der Waals surface area contributed by atoms with Crippen molar-refractivity contribution in [2.45, 2.75) is 39.5 Å². The third kappa shape index (κ3) is 4.08. The molecule has 1 aliphatic rings. The number of rotatable bonds is 5. The van der Waals surface area contributed by atoms with Gasteiger partial charge in [-0.15, -0.1) is 0 Å². The Kier molecular flexibility index (Phi) is 6.21. The molecule has 4 rings (SSSR count). The van der Waals surface area contributed by atoms with Crippen LogP contribution < -0.4 is 15.3 Å². The number of carbonyl (C=O) groups is 2. The molecule has 0 bridgehead atoms. The summed E-state index contributed by atoms with van der Waals surface area (Å²) in [6.45, 7) is 4.24. The second-order valence-electron chi connectivity index (χ2n) is 7.77. The number of amides is 1. The standard InChI is InChI=1S/C26H25NO5/c1-3-8-18-16-23(29)32-25-19(18)13-14-21(31-22(28)9-4-2)24(25)26(30)27-15-7-11-17-10-5-6-12-20(17)27/h4-6,9-10,12-14,16H,3,7-8,11,15H2,1-2H3. The number of anilines is 1. The lowest BCUT2D eigenvalue weighted by molar-refractivity contribution is -0.129. The molecule has 3 aromatic rings. The Bertz CT molecular complexity index is 1270. The lowest BCUT2D eigenvalue weighted by atomic mass is 9.98. The van der Waals surface area contributed by atoms with Crippen molar-refractivity contribution in [3.8, 4) is 5.75 Å². The van der Waals surface area contributed by atoms with E-state index in [-0.39, 0.29) is 22.8 Å². The maximum Gasteiger partial charge on any atom is 0.336 e. The summed E-state index contributed by atoms with van der Waals surface area (Å²) < 4.78 is 11.0. The molecule has 1 aromatic heterocycles. The molecule has 2 aromatic carbocycles. The SMILES string of the molecule is CC=CC(=O)Oc1ccc2c(CCC)cc(=O)oc2c1C(=O)N1CCCc2ccccc21. The number of esters is 1. The van der Waals surface area contributed by atoms with Gasteiger partial charge in [0.05, 0.1) is 0 Å². The topological polar surface area (TPSA) is 76.8 Å². The minimum absolute atomic E-state index is 0.0745. The fourth-order valence-electron chi connectivity index (χ4n) is 4.20. The number of para-hydroxylation sites is 1. The summed E-state index contributed by atoms with van der Waals surface area (Å²) in [5.41, 5.74) is 2.41. The van der Waals surface area contributed by atoms with Crippen LogP contribution in [0.15, 0.2) is 63.8 Å². The zero-order chi connectivity index (χ0) is 22.7. The zero-order valence-electron chi connectivity index (χ0n) is 18.2. The molecule has 0 saturated heterocycles. The highest BCUT2D eigenvalue weighted by Crippen LogP contribution is 2.35. The molecule has 32 heavy (non-hydrogen) atoms. The van der Waals surface area contributed by atoms with Crippen molar-refractivity contribution in [2.75, 3.05) is 11.4 Å². The van der Waals surface area contributed by atoms with Crippen LogP contribution in [0.4, 0.5) is 5.69 Å². The van der Waals surface area contributed by atoms with Gasteiger partial charge in [-0.25, -0.2) is 9.59 Å². The van der Waals surface area contributed by atoms with Crippen molar-refractivity contribution >= 4 is 28.5 Å². The fourth-order valence-corrected chi connectivity index (χ4v) is 4.20. The Morgan fingerprint density at radius 2 is 2.00 bits per heavy atom. The summed E-state index contributed by atoms with van der Waals surface area (Å²) in [5.74, 6) is -0.889. The second kappa shape index (κ2) is 9.22. The smallest absolute Gasteiger partial charge is 0.336 e. The highest BCUT2D eigenvalue weighted by Gasteiger charge is 2.29. The highest BCUT2D eigenvalue weighted by molar-refractivity contribution is 6.15. The van der Waals surface area contributed by atoms with Crippen LogP contribution in [0.25, 0.3) is 11.0 Å². The summed E-state index contributed by atoms with van der Waals surface area (Å²) in [6, 6.07) is 12.5. The summed E-state index contributed by atoms with van der Waals surface area (Å²) in [4.78, 5) is 40.1. The quantitative estimate of drug-likeness (QED) is 0.251. The number of nitrogens with zero attached hydrogens (tertiary/aromatic N) is 1. The van der Waals surface area contributed by atoms with Gasteiger partial charge in [0.1, 0.15) is 11.3 Å². The number of aryl methyl sites for hydroxylation is 2. The van der Waals surface area contributed by atoms with Gasteiger partial charge < -0.3 is 14.1 Å². The molecule has 0 N–H and O–H groups in total. The number of carbonyl (C=O) groups excluding carboxylic acids is 2. The van der Waals surface area contributed by atoms with E-state index < -0.39 is 11.6 Å². The summed E-state index contributed by atoms with van der Waals surface area (Å²) in [7, 11) is 0. The Morgan fingerprint density at radius 1 is 1.19 bits per heavy atom. The van der Waals surface area contributed by atoms with Crippen molar-refractivity contribution in [3.63, 3.8) is 0 Å². The molecule has 0 radical (unpaired) electrons. The first kappa shape index (κ1) is 21.6. The second-order valence-corrected chi connectivity index (χ2v) is 7.77. The van der Waals surface area contributed by atoms with Crippen LogP contribution >= 0.6 is 0 Å². The first-order valence-corrected chi connectivity index (χ1v) is 10.9. The predicted molar refractivity (Wildman–Crippen MR) is 123 cm³/mol. The molecule has 0 atom stereocenters. The molecule has 1 amide bonds. The highest BCUT2D eigenvalue weighted by atomic mass is 16.5. The van der Waals surface area contributed by atoms with Crippen LogP contribution in [-0.2, 0) is 17.6 Å². The van der Waals surface area contributed by atoms with Gasteiger partial charge >= 0.3 is 11.6 Å². The van der Waals surface area contributed by atoms with Crippen molar-refractivity contribution in [2.24, 2.45) is 0 Å². The number of hydrogen-bond acceptors (Lipinski definition) is 5. The zero-order valence-corrected chi connectivity index (χ0v) is 18.2. The molecule has 164 valence electrons. The van der Waals surface area contributed by atoms with Gasteiger partial charge in [0, 0.05) is 29.8 Å². The van der Waals surface area contributed by atoms with Gasteiger partial charge in [-0.1, -0.05) is 37.6 Å². The Morgan fingerprint density at radius 3 is 2.78 bits per heavy atom. The van der Waals surface area contributed by atoms with Crippen LogP contribution in [0.5, 0.6) is 5.75 Å². The van der Waals surface area contributed by atoms with E-state index in [9.17, 15) is 14.4 Å². The number of benzene rings is 2. The van der Waals surface area contributed by atoms with Crippen molar-refractivity contribution in [1.29, 1.82) is 0 Å². The lowest BCUT2D eigenvalue weighted by Crippen LogP contribution is -2.36. The third-order valence-corrected chi connectivity index (χ3v) is 5.56. The predicted octanol–water partition coefficient (Wildman–Crippen LogP) is 4.82. The molecule has 0 spiro atoms.